The van der Waals surface area contributed by atoms with Crippen molar-refractivity contribution in [3.8, 4) is 5.75 Å². The van der Waals surface area contributed by atoms with E-state index in [2.05, 4.69) is 43.2 Å². The highest BCUT2D eigenvalue weighted by molar-refractivity contribution is 9.12. The molecule has 0 aliphatic carbocycles. The Bertz CT molecular complexity index is 838. The summed E-state index contributed by atoms with van der Waals surface area (Å²) in [7, 11) is -4.53. The highest BCUT2D eigenvalue weighted by Crippen LogP contribution is 2.30. The number of amides is 1. The Labute approximate surface area is 143 Å². The van der Waals surface area contributed by atoms with Crippen LogP contribution in [0.5, 0.6) is 5.75 Å². The van der Waals surface area contributed by atoms with E-state index >= 15 is 0 Å². The molecule has 0 fully saturated rings. The Balaban J connectivity index is 2.54. The Morgan fingerprint density at radius 1 is 1.36 bits per heavy atom. The fourth-order valence-electron chi connectivity index (χ4n) is 1.81. The van der Waals surface area contributed by atoms with Crippen molar-refractivity contribution in [1.29, 1.82) is 0 Å². The summed E-state index contributed by atoms with van der Waals surface area (Å²) in [6.45, 7) is 0. The van der Waals surface area contributed by atoms with E-state index in [9.17, 15) is 22.9 Å². The Morgan fingerprint density at radius 3 is 2.64 bits per heavy atom. The first-order valence-corrected chi connectivity index (χ1v) is 9.37. The number of rotatable bonds is 4. The molecule has 0 saturated carbocycles. The number of carbonyl (C=O) groups is 1. The molecule has 0 aromatic heterocycles. The van der Waals surface area contributed by atoms with Gasteiger partial charge in [-0.05, 0) is 17.5 Å². The zero-order valence-corrected chi connectivity index (χ0v) is 14.9. The van der Waals surface area contributed by atoms with Gasteiger partial charge < -0.3 is 10.4 Å². The molecule has 2 rings (SSSR count). The summed E-state index contributed by atoms with van der Waals surface area (Å²) in [5, 5.41) is 12.9. The maximum atomic E-state index is 11.8. The molecule has 2 aromatic rings. The first-order valence-electron chi connectivity index (χ1n) is 5.90. The van der Waals surface area contributed by atoms with Gasteiger partial charge in [0.05, 0.1) is 0 Å². The summed E-state index contributed by atoms with van der Waals surface area (Å²) in [5.74, 6) is -0.718. The molecule has 0 saturated heterocycles. The summed E-state index contributed by atoms with van der Waals surface area (Å²) >= 11 is 6.33. The number of hydrogen-bond acceptors (Lipinski definition) is 4. The van der Waals surface area contributed by atoms with Gasteiger partial charge in [0, 0.05) is 28.5 Å². The highest BCUT2D eigenvalue weighted by atomic mass is 79.9. The lowest BCUT2D eigenvalue weighted by atomic mass is 10.1. The minimum absolute atomic E-state index is 0.142. The Morgan fingerprint density at radius 2 is 2.05 bits per heavy atom. The Kier molecular flexibility index (Phi) is 5.10. The minimum atomic E-state index is -4.53. The fourth-order valence-corrected chi connectivity index (χ4v) is 2.93. The number of benzene rings is 2. The number of nitrogens with one attached hydrogen (secondary N) is 1. The van der Waals surface area contributed by atoms with Crippen molar-refractivity contribution in [2.24, 2.45) is 0 Å². The highest BCUT2D eigenvalue weighted by Gasteiger charge is 2.18. The molecule has 1 atom stereocenters. The molecule has 3 N–H and O–H groups in total. The summed E-state index contributed by atoms with van der Waals surface area (Å²) in [6.07, 6.45) is 0. The lowest BCUT2D eigenvalue weighted by molar-refractivity contribution is -0.115. The van der Waals surface area contributed by atoms with Crippen LogP contribution >= 0.6 is 31.9 Å². The van der Waals surface area contributed by atoms with Crippen LogP contribution in [0.4, 0.5) is 5.69 Å². The number of alkyl halides is 2. The van der Waals surface area contributed by atoms with Crippen molar-refractivity contribution in [3.05, 3.63) is 30.3 Å². The average Bonchev–Trinajstić information content (AvgIpc) is 2.44. The third kappa shape index (κ3) is 3.78. The molecule has 0 bridgehead atoms. The van der Waals surface area contributed by atoms with Crippen LogP contribution in [0, 0.1) is 6.07 Å². The van der Waals surface area contributed by atoms with Gasteiger partial charge in [-0.1, -0.05) is 37.9 Å². The molecular weight excluding hydrogens is 442 g/mol. The quantitative estimate of drug-likeness (QED) is 0.489. The molecule has 1 unspecified atom stereocenters. The van der Waals surface area contributed by atoms with Crippen LogP contribution in [0.3, 0.4) is 0 Å². The molecule has 1 amide bonds. The van der Waals surface area contributed by atoms with Crippen molar-refractivity contribution in [1.82, 2.24) is 0 Å². The van der Waals surface area contributed by atoms with Crippen LogP contribution in [-0.2, 0) is 14.9 Å². The van der Waals surface area contributed by atoms with Crippen molar-refractivity contribution in [3.63, 3.8) is 0 Å². The van der Waals surface area contributed by atoms with Crippen LogP contribution in [0.25, 0.3) is 10.8 Å². The van der Waals surface area contributed by atoms with Gasteiger partial charge in [-0.25, -0.2) is 0 Å². The standard InChI is InChI=1S/C13H10Br2NO5S/c14-6-11(15)13(18)16-8-2-1-7-3-9(17)5-12(10(7)4-8)22(19,20)21/h1-2,4-5,11,17H,6H2,(H,16,18)(H,19,20,21). The SMILES string of the molecule is O=C(Nc1ccc2[c]c(O)cc(S(=O)(=O)O)c2c1)C(Br)CBr. The number of halogens is 2. The normalized spacial score (nSPS) is 13.0. The van der Waals surface area contributed by atoms with Crippen LogP contribution in [0.1, 0.15) is 0 Å². The molecule has 9 heteroatoms. The van der Waals surface area contributed by atoms with Gasteiger partial charge in [0.2, 0.25) is 5.91 Å². The van der Waals surface area contributed by atoms with Gasteiger partial charge in [0.1, 0.15) is 15.5 Å². The molecule has 0 aliphatic rings. The molecule has 0 spiro atoms. The summed E-state index contributed by atoms with van der Waals surface area (Å²) in [5.41, 5.74) is 0.354. The van der Waals surface area contributed by atoms with Gasteiger partial charge in [0.25, 0.3) is 10.1 Å². The lowest BCUT2D eigenvalue weighted by Crippen LogP contribution is -2.23. The second-order valence-electron chi connectivity index (χ2n) is 4.37. The van der Waals surface area contributed by atoms with Crippen molar-refractivity contribution < 1.29 is 22.9 Å². The monoisotopic (exact) mass is 450 g/mol. The van der Waals surface area contributed by atoms with Crippen LogP contribution in [0.15, 0.2) is 29.2 Å². The molecule has 1 radical (unpaired) electrons. The van der Waals surface area contributed by atoms with Gasteiger partial charge in [-0.3, -0.25) is 9.35 Å². The summed E-state index contributed by atoms with van der Waals surface area (Å²) < 4.78 is 32.1. The van der Waals surface area contributed by atoms with Crippen molar-refractivity contribution in [2.75, 3.05) is 10.6 Å². The summed E-state index contributed by atoms with van der Waals surface area (Å²) in [6, 6.07) is 7.88. The van der Waals surface area contributed by atoms with Gasteiger partial charge in [-0.15, -0.1) is 0 Å². The fraction of sp³-hybridized carbons (Fsp3) is 0.154. The predicted molar refractivity (Wildman–Crippen MR) is 89.4 cm³/mol. The number of phenolic OH excluding ortho intramolecular Hbond substituents is 1. The third-order valence-corrected chi connectivity index (χ3v) is 5.93. The minimum Gasteiger partial charge on any atom is -0.507 e. The second-order valence-corrected chi connectivity index (χ2v) is 7.51. The van der Waals surface area contributed by atoms with Gasteiger partial charge in [-0.2, -0.15) is 8.42 Å². The van der Waals surface area contributed by atoms with Crippen LogP contribution in [0.2, 0.25) is 0 Å². The topological polar surface area (TPSA) is 104 Å². The van der Waals surface area contributed by atoms with E-state index in [4.69, 9.17) is 0 Å². The maximum Gasteiger partial charge on any atom is 0.295 e. The van der Waals surface area contributed by atoms with Crippen LogP contribution < -0.4 is 5.32 Å². The smallest absolute Gasteiger partial charge is 0.295 e. The van der Waals surface area contributed by atoms with E-state index in [0.717, 1.165) is 6.07 Å². The van der Waals surface area contributed by atoms with E-state index in [1.807, 2.05) is 0 Å². The van der Waals surface area contributed by atoms with E-state index < -0.39 is 25.6 Å². The zero-order chi connectivity index (χ0) is 16.5. The third-order valence-electron chi connectivity index (χ3n) is 2.78. The van der Waals surface area contributed by atoms with Gasteiger partial charge in [0.15, 0.2) is 0 Å². The largest absolute Gasteiger partial charge is 0.507 e. The number of fused-ring (bicyclic) bond motifs is 1. The molecule has 117 valence electrons. The van der Waals surface area contributed by atoms with E-state index in [-0.39, 0.29) is 11.3 Å². The summed E-state index contributed by atoms with van der Waals surface area (Å²) in [4.78, 5) is 10.9. The molecule has 0 heterocycles. The van der Waals surface area contributed by atoms with Crippen molar-refractivity contribution in [2.45, 2.75) is 9.72 Å². The van der Waals surface area contributed by atoms with E-state index in [1.165, 1.54) is 18.2 Å². The van der Waals surface area contributed by atoms with E-state index in [1.54, 1.807) is 0 Å². The number of carbonyl (C=O) groups excluding carboxylic acids is 1. The van der Waals surface area contributed by atoms with Gasteiger partial charge >= 0.3 is 0 Å². The Hall–Kier alpha value is -1.16. The van der Waals surface area contributed by atoms with Crippen LogP contribution in [-0.4, -0.2) is 34.1 Å². The van der Waals surface area contributed by atoms with E-state index in [0.29, 0.717) is 16.4 Å². The number of hydrogen-bond donors (Lipinski definition) is 3. The predicted octanol–water partition coefficient (Wildman–Crippen LogP) is 2.69. The molecule has 0 aliphatic heterocycles. The first kappa shape index (κ1) is 17.2. The molecule has 22 heavy (non-hydrogen) atoms. The second kappa shape index (κ2) is 6.53. The average molecular weight is 452 g/mol. The number of anilines is 1. The first-order chi connectivity index (χ1) is 10.2. The molecule has 6 nitrogen and oxygen atoms in total. The number of aromatic hydroxyl groups is 1. The molecule has 2 aromatic carbocycles. The number of phenols is 1. The zero-order valence-electron chi connectivity index (χ0n) is 10.9. The van der Waals surface area contributed by atoms with Crippen molar-refractivity contribution >= 4 is 64.3 Å². The lowest BCUT2D eigenvalue weighted by Gasteiger charge is -2.10. The maximum absolute atomic E-state index is 11.8. The molecular formula is C13H10Br2NO5S.